The molecule has 2 aromatic rings. The number of amides is 1. The second-order valence-corrected chi connectivity index (χ2v) is 5.49. The lowest BCUT2D eigenvalue weighted by Crippen LogP contribution is -2.25. The second kappa shape index (κ2) is 5.55. The van der Waals surface area contributed by atoms with Crippen LogP contribution >= 0.6 is 0 Å². The van der Waals surface area contributed by atoms with Crippen LogP contribution in [0.1, 0.15) is 32.1 Å². The van der Waals surface area contributed by atoms with E-state index in [4.69, 9.17) is 0 Å². The molecular weight excluding hydrogens is 270 g/mol. The van der Waals surface area contributed by atoms with Gasteiger partial charge in [-0.3, -0.25) is 24.6 Å². The highest BCUT2D eigenvalue weighted by Crippen LogP contribution is 2.25. The Kier molecular flexibility index (Phi) is 3.60. The number of aromatic amines is 2. The van der Waals surface area contributed by atoms with Crippen LogP contribution in [0.3, 0.4) is 0 Å². The Balaban J connectivity index is 1.87. The van der Waals surface area contributed by atoms with Crippen molar-refractivity contribution in [3.05, 3.63) is 38.9 Å². The van der Waals surface area contributed by atoms with Crippen molar-refractivity contribution in [2.75, 3.05) is 5.32 Å². The molecule has 0 unspecified atom stereocenters. The first kappa shape index (κ1) is 13.6. The fraction of sp³-hybridized carbons (Fsp3) is 0.400. The van der Waals surface area contributed by atoms with E-state index < -0.39 is 0 Å². The van der Waals surface area contributed by atoms with E-state index >= 15 is 0 Å². The van der Waals surface area contributed by atoms with E-state index in [1.807, 2.05) is 0 Å². The standard InChI is InChI=1S/C15H17N3O3/c19-13(9-4-2-1-3-5-9)16-10-6-7-11-12(8-10)15(21)18-17-14(11)20/h6-9H,1-5H2,(H,16,19)(H,17,20)(H,18,21). The van der Waals surface area contributed by atoms with Gasteiger partial charge >= 0.3 is 0 Å². The number of carbonyl (C=O) groups is 1. The van der Waals surface area contributed by atoms with Gasteiger partial charge in [-0.2, -0.15) is 0 Å². The van der Waals surface area contributed by atoms with E-state index in [1.54, 1.807) is 18.2 Å². The van der Waals surface area contributed by atoms with Gasteiger partial charge in [-0.15, -0.1) is 0 Å². The summed E-state index contributed by atoms with van der Waals surface area (Å²) in [6.45, 7) is 0. The van der Waals surface area contributed by atoms with E-state index in [2.05, 4.69) is 15.5 Å². The Labute approximate surface area is 120 Å². The number of rotatable bonds is 2. The molecule has 1 aromatic heterocycles. The average molecular weight is 287 g/mol. The zero-order valence-corrected chi connectivity index (χ0v) is 11.6. The predicted octanol–water partition coefficient (Wildman–Crippen LogP) is 1.74. The van der Waals surface area contributed by atoms with Crippen LogP contribution in [0, 0.1) is 5.92 Å². The zero-order chi connectivity index (χ0) is 14.8. The molecule has 3 rings (SSSR count). The number of aromatic nitrogens is 2. The van der Waals surface area contributed by atoms with E-state index in [-0.39, 0.29) is 28.3 Å². The highest BCUT2D eigenvalue weighted by Gasteiger charge is 2.21. The van der Waals surface area contributed by atoms with Gasteiger partial charge in [0.2, 0.25) is 5.91 Å². The minimum absolute atomic E-state index is 0.00433. The fourth-order valence-electron chi connectivity index (χ4n) is 2.87. The van der Waals surface area contributed by atoms with Crippen molar-refractivity contribution < 1.29 is 4.79 Å². The Morgan fingerprint density at radius 3 is 2.38 bits per heavy atom. The summed E-state index contributed by atoms with van der Waals surface area (Å²) >= 11 is 0. The van der Waals surface area contributed by atoms with Crippen molar-refractivity contribution >= 4 is 22.4 Å². The number of anilines is 1. The number of benzene rings is 1. The first-order valence-electron chi connectivity index (χ1n) is 7.21. The molecule has 1 aliphatic carbocycles. The van der Waals surface area contributed by atoms with Gasteiger partial charge in [0.25, 0.3) is 11.1 Å². The van der Waals surface area contributed by atoms with Gasteiger partial charge in [0, 0.05) is 11.6 Å². The van der Waals surface area contributed by atoms with Crippen molar-refractivity contribution in [2.45, 2.75) is 32.1 Å². The van der Waals surface area contributed by atoms with E-state index in [0.29, 0.717) is 11.1 Å². The Hall–Kier alpha value is -2.37. The number of H-pyrrole nitrogens is 2. The van der Waals surface area contributed by atoms with Crippen molar-refractivity contribution in [3.63, 3.8) is 0 Å². The van der Waals surface area contributed by atoms with Gasteiger partial charge in [0.05, 0.1) is 10.8 Å². The third-order valence-electron chi connectivity index (χ3n) is 4.04. The summed E-state index contributed by atoms with van der Waals surface area (Å²) in [6, 6.07) is 4.75. The van der Waals surface area contributed by atoms with Crippen LogP contribution in [-0.4, -0.2) is 16.1 Å². The van der Waals surface area contributed by atoms with Crippen molar-refractivity contribution in [3.8, 4) is 0 Å². The summed E-state index contributed by atoms with van der Waals surface area (Å²) in [5.74, 6) is 0.0437. The smallest absolute Gasteiger partial charge is 0.270 e. The van der Waals surface area contributed by atoms with E-state index in [0.717, 1.165) is 25.7 Å². The Morgan fingerprint density at radius 2 is 1.67 bits per heavy atom. The molecule has 0 saturated heterocycles. The lowest BCUT2D eigenvalue weighted by Gasteiger charge is -2.20. The van der Waals surface area contributed by atoms with Crippen molar-refractivity contribution in [1.82, 2.24) is 10.2 Å². The zero-order valence-electron chi connectivity index (χ0n) is 11.6. The number of carbonyl (C=O) groups excluding carboxylic acids is 1. The molecule has 1 aliphatic rings. The van der Waals surface area contributed by atoms with E-state index in [9.17, 15) is 14.4 Å². The van der Waals surface area contributed by atoms with Crippen LogP contribution in [-0.2, 0) is 4.79 Å². The third-order valence-corrected chi connectivity index (χ3v) is 4.04. The molecule has 0 atom stereocenters. The van der Waals surface area contributed by atoms with Crippen molar-refractivity contribution in [1.29, 1.82) is 0 Å². The summed E-state index contributed by atoms with van der Waals surface area (Å²) in [4.78, 5) is 35.5. The monoisotopic (exact) mass is 287 g/mol. The van der Waals surface area contributed by atoms with Crippen LogP contribution in [0.5, 0.6) is 0 Å². The second-order valence-electron chi connectivity index (χ2n) is 5.49. The first-order valence-corrected chi connectivity index (χ1v) is 7.21. The number of hydrogen-bond acceptors (Lipinski definition) is 3. The molecular formula is C15H17N3O3. The molecule has 0 bridgehead atoms. The molecule has 0 radical (unpaired) electrons. The molecule has 0 aliphatic heterocycles. The minimum Gasteiger partial charge on any atom is -0.326 e. The molecule has 3 N–H and O–H groups in total. The number of fused-ring (bicyclic) bond motifs is 1. The van der Waals surface area contributed by atoms with Crippen LogP contribution in [0.4, 0.5) is 5.69 Å². The lowest BCUT2D eigenvalue weighted by molar-refractivity contribution is -0.120. The van der Waals surface area contributed by atoms with Gasteiger partial charge in [-0.1, -0.05) is 19.3 Å². The van der Waals surface area contributed by atoms with Gasteiger partial charge in [-0.25, -0.2) is 0 Å². The largest absolute Gasteiger partial charge is 0.326 e. The van der Waals surface area contributed by atoms with Gasteiger partial charge < -0.3 is 5.32 Å². The molecule has 1 aromatic carbocycles. The molecule has 6 nitrogen and oxygen atoms in total. The predicted molar refractivity (Wildman–Crippen MR) is 80.4 cm³/mol. The maximum atomic E-state index is 12.2. The highest BCUT2D eigenvalue weighted by atomic mass is 16.2. The summed E-state index contributed by atoms with van der Waals surface area (Å²) in [5.41, 5.74) is -0.178. The summed E-state index contributed by atoms with van der Waals surface area (Å²) in [7, 11) is 0. The molecule has 1 amide bonds. The molecule has 6 heteroatoms. The topological polar surface area (TPSA) is 94.8 Å². The van der Waals surface area contributed by atoms with Gasteiger partial charge in [0.15, 0.2) is 0 Å². The molecule has 110 valence electrons. The SMILES string of the molecule is O=C(Nc1ccc2c(=O)[nH][nH]c(=O)c2c1)C1CCCCC1. The summed E-state index contributed by atoms with van der Waals surface area (Å²) in [6.07, 6.45) is 5.20. The number of hydrogen-bond donors (Lipinski definition) is 3. The molecule has 21 heavy (non-hydrogen) atoms. The molecule has 1 fully saturated rings. The van der Waals surface area contributed by atoms with E-state index in [1.165, 1.54) is 6.42 Å². The molecule has 1 saturated carbocycles. The van der Waals surface area contributed by atoms with Crippen molar-refractivity contribution in [2.24, 2.45) is 5.92 Å². The molecule has 0 spiro atoms. The number of nitrogens with one attached hydrogen (secondary N) is 3. The fourth-order valence-corrected chi connectivity index (χ4v) is 2.87. The average Bonchev–Trinajstić information content (AvgIpc) is 2.52. The maximum absolute atomic E-state index is 12.2. The Morgan fingerprint density at radius 1 is 1.00 bits per heavy atom. The maximum Gasteiger partial charge on any atom is 0.270 e. The lowest BCUT2D eigenvalue weighted by atomic mass is 9.88. The summed E-state index contributed by atoms with van der Waals surface area (Å²) in [5, 5.41) is 7.99. The normalized spacial score (nSPS) is 16.0. The molecule has 1 heterocycles. The quantitative estimate of drug-likeness (QED) is 0.785. The van der Waals surface area contributed by atoms with Crippen LogP contribution in [0.2, 0.25) is 0 Å². The summed E-state index contributed by atoms with van der Waals surface area (Å²) < 4.78 is 0. The van der Waals surface area contributed by atoms with Crippen LogP contribution in [0.15, 0.2) is 27.8 Å². The highest BCUT2D eigenvalue weighted by molar-refractivity contribution is 5.95. The Bertz CT molecular complexity index is 785. The van der Waals surface area contributed by atoms with Gasteiger partial charge in [-0.05, 0) is 31.0 Å². The first-order chi connectivity index (χ1) is 10.1. The van der Waals surface area contributed by atoms with Crippen LogP contribution in [0.25, 0.3) is 10.8 Å². The van der Waals surface area contributed by atoms with Gasteiger partial charge in [0.1, 0.15) is 0 Å². The van der Waals surface area contributed by atoms with Crippen LogP contribution < -0.4 is 16.4 Å². The minimum atomic E-state index is -0.377. The third kappa shape index (κ3) is 2.74.